The van der Waals surface area contributed by atoms with Crippen molar-refractivity contribution in [1.82, 2.24) is 0 Å². The van der Waals surface area contributed by atoms with E-state index in [-0.39, 0.29) is 0 Å². The van der Waals surface area contributed by atoms with E-state index in [0.29, 0.717) is 0 Å². The quantitative estimate of drug-likeness (QED) is 0.133. The van der Waals surface area contributed by atoms with Crippen LogP contribution >= 0.6 is 0 Å². The Kier molecular flexibility index (Phi) is 21.7. The Morgan fingerprint density at radius 3 is 0.993 bits per heavy atom. The lowest BCUT2D eigenvalue weighted by Crippen LogP contribution is -2.01. The van der Waals surface area contributed by atoms with Crippen LogP contribution in [0.2, 0.25) is 0 Å². The van der Waals surface area contributed by atoms with Crippen molar-refractivity contribution in [1.29, 1.82) is 0 Å². The van der Waals surface area contributed by atoms with E-state index in [4.69, 9.17) is 0 Å². The first-order chi connectivity index (χ1) is 71.4. The monoisotopic (exact) mass is 1830 g/mol. The zero-order valence-corrected chi connectivity index (χ0v) is 80.2. The van der Waals surface area contributed by atoms with Gasteiger partial charge in [0.15, 0.2) is 0 Å². The zero-order valence-electron chi connectivity index (χ0n) is 80.2. The van der Waals surface area contributed by atoms with Gasteiger partial charge in [-0.25, -0.2) is 0 Å². The minimum Gasteiger partial charge on any atom is -0.0619 e. The number of rotatable bonds is 0. The molecule has 0 fully saturated rings. The van der Waals surface area contributed by atoms with E-state index in [0.717, 1.165) is 51.4 Å². The summed E-state index contributed by atoms with van der Waals surface area (Å²) in [6, 6.07) is 185. The summed E-state index contributed by atoms with van der Waals surface area (Å²) in [5.41, 5.74) is 46.0. The molecule has 0 heterocycles. The highest BCUT2D eigenvalue weighted by Gasteiger charge is 2.29. The molecule has 0 nitrogen and oxygen atoms in total. The van der Waals surface area contributed by atoms with E-state index in [1.807, 2.05) is 0 Å². The van der Waals surface area contributed by atoms with Crippen LogP contribution in [0.3, 0.4) is 0 Å². The third-order valence-electron chi connectivity index (χ3n) is 31.5. The van der Waals surface area contributed by atoms with E-state index >= 15 is 0 Å². The summed E-state index contributed by atoms with van der Waals surface area (Å²) in [5.74, 6) is 0. The Morgan fingerprint density at radius 1 is 0.0972 bits per heavy atom. The summed E-state index contributed by atoms with van der Waals surface area (Å²) in [7, 11) is 0. The molecule has 8 aliphatic rings. The Morgan fingerprint density at radius 2 is 0.396 bits per heavy atom. The second kappa shape index (κ2) is 36.5. The predicted octanol–water partition coefficient (Wildman–Crippen LogP) is 37.6. The van der Waals surface area contributed by atoms with Crippen LogP contribution in [0.4, 0.5) is 0 Å². The van der Waals surface area contributed by atoms with Gasteiger partial charge in [-0.3, -0.25) is 0 Å². The number of hydrogen-bond donors (Lipinski definition) is 0. The van der Waals surface area contributed by atoms with Crippen molar-refractivity contribution in [3.05, 3.63) is 599 Å². The lowest BCUT2D eigenvalue weighted by atomic mass is 9.82. The Bertz CT molecular complexity index is 9590. The molecule has 0 unspecified atom stereocenters. The Labute approximate surface area is 840 Å². The molecule has 0 saturated carbocycles. The van der Waals surface area contributed by atoms with Gasteiger partial charge in [-0.05, 0) is 343 Å². The fourth-order valence-corrected chi connectivity index (χ4v) is 25.0. The fourth-order valence-electron chi connectivity index (χ4n) is 25.0. The molecule has 26 aromatic carbocycles. The molecule has 0 saturated heterocycles. The van der Waals surface area contributed by atoms with Gasteiger partial charge < -0.3 is 0 Å². The molecule has 144 heavy (non-hydrogen) atoms. The molecule has 26 aromatic rings. The molecule has 0 radical (unpaired) electrons. The van der Waals surface area contributed by atoms with Crippen LogP contribution in [0, 0.1) is 0 Å². The van der Waals surface area contributed by atoms with Gasteiger partial charge in [0.25, 0.3) is 0 Å². The van der Waals surface area contributed by atoms with Gasteiger partial charge in [-0.15, -0.1) is 0 Å². The molecule has 0 aliphatic heterocycles. The maximum absolute atomic E-state index is 2.37. The molecule has 0 heteroatoms. The number of fused-ring (bicyclic) bond motifs is 38. The second-order valence-electron chi connectivity index (χ2n) is 39.5. The highest BCUT2D eigenvalue weighted by molar-refractivity contribution is 6.19. The second-order valence-corrected chi connectivity index (χ2v) is 39.5. The molecular formula is C144H100. The molecule has 0 bridgehead atoms. The van der Waals surface area contributed by atoms with Crippen LogP contribution in [0.25, 0.3) is 197 Å². The van der Waals surface area contributed by atoms with Crippen molar-refractivity contribution >= 4 is 108 Å². The summed E-state index contributed by atoms with van der Waals surface area (Å²) < 4.78 is 0. The molecule has 0 amide bonds. The first kappa shape index (κ1) is 85.5. The summed E-state index contributed by atoms with van der Waals surface area (Å²) >= 11 is 0. The zero-order chi connectivity index (χ0) is 95.1. The van der Waals surface area contributed by atoms with Crippen LogP contribution in [0.1, 0.15) is 89.0 Å². The maximum Gasteiger partial charge on any atom is -0.000705 e. The van der Waals surface area contributed by atoms with Gasteiger partial charge in [0, 0.05) is 0 Å². The highest BCUT2D eigenvalue weighted by atomic mass is 14.3. The third kappa shape index (κ3) is 15.2. The van der Waals surface area contributed by atoms with Crippen molar-refractivity contribution in [2.45, 2.75) is 51.4 Å². The van der Waals surface area contributed by atoms with Gasteiger partial charge in [-0.1, -0.05) is 504 Å². The van der Waals surface area contributed by atoms with E-state index in [2.05, 4.69) is 510 Å². The lowest BCUT2D eigenvalue weighted by molar-refractivity contribution is 1.20. The fraction of sp³-hybridized carbons (Fsp3) is 0.0556. The van der Waals surface area contributed by atoms with E-state index in [1.165, 1.54) is 286 Å². The van der Waals surface area contributed by atoms with Crippen LogP contribution in [0.15, 0.2) is 510 Å². The third-order valence-corrected chi connectivity index (χ3v) is 31.5. The van der Waals surface area contributed by atoms with Crippen molar-refractivity contribution in [2.24, 2.45) is 0 Å². The first-order valence-electron chi connectivity index (χ1n) is 51.0. The standard InChI is InChI=1S/3C21H14.4C17H12.C13H10/c1-4-8-18-14(5-1)9-10-15-11-12-19-17-7-3-2-6-16(17)13-20(19)21(15)18;1-3-8-17-14(6-1)12-16-13-15-7-2-4-9-18(15)20-11-5-10-19(17)21(16)20;1-2-8-15-14(7-1)13-20-18-11-4-3-9-16(18)17-10-5-6-12-19(17)21(15)20;1-3-7-15-12(5-1)9-10-14-11-13-6-2-4-8-16(13)17(14)15;1-3-7-14-12(5-1)9-10-16-15-8-4-2-6-13(15)11-17(14)16;1-2-9-15-13(5-1)11-14-8-3-6-12-7-4-10-16(15)17(12)14;1-2-6-13-11-17-15(9-12(13)5-1)10-14-7-3-4-8-16(14)17;1-3-7-12-10(5-1)9-11-6-2-4-8-13(11)12/h3*1-12H,13H2;3*1-10H,11H2;1-9,11H,10H2;1-8H,9H2. The summed E-state index contributed by atoms with van der Waals surface area (Å²) in [4.78, 5) is 0. The van der Waals surface area contributed by atoms with Crippen molar-refractivity contribution in [3.63, 3.8) is 0 Å². The summed E-state index contributed by atoms with van der Waals surface area (Å²) in [5, 5.41) is 27.5. The molecule has 0 N–H and O–H groups in total. The number of hydrogen-bond acceptors (Lipinski definition) is 0. The largest absolute Gasteiger partial charge is 0.0619 e. The van der Waals surface area contributed by atoms with Gasteiger partial charge in [0.05, 0.1) is 0 Å². The van der Waals surface area contributed by atoms with Gasteiger partial charge in [0.2, 0.25) is 0 Å². The summed E-state index contributed by atoms with van der Waals surface area (Å²) in [6.07, 6.45) is 8.54. The molecule has 0 aromatic heterocycles. The number of benzene rings is 26. The molecule has 676 valence electrons. The van der Waals surface area contributed by atoms with Crippen molar-refractivity contribution < 1.29 is 0 Å². The lowest BCUT2D eigenvalue weighted by Gasteiger charge is -2.22. The van der Waals surface area contributed by atoms with Gasteiger partial charge in [-0.2, -0.15) is 0 Å². The minimum absolute atomic E-state index is 1.04. The van der Waals surface area contributed by atoms with E-state index in [1.54, 1.807) is 0 Å². The maximum atomic E-state index is 2.37. The normalized spacial score (nSPS) is 12.5. The van der Waals surface area contributed by atoms with Crippen LogP contribution in [-0.2, 0) is 51.4 Å². The first-order valence-corrected chi connectivity index (χ1v) is 51.0. The van der Waals surface area contributed by atoms with E-state index in [9.17, 15) is 0 Å². The van der Waals surface area contributed by atoms with Crippen LogP contribution in [-0.4, -0.2) is 0 Å². The SMILES string of the molecule is c1ccc2c(c1)Cc1c-2c2ccccc2c2ccccc12.c1ccc2c(c1)Cc1c-2ccc2ccc3ccccc3c12.c1ccc2c(c1)Cc1c-2ccc2ccccc12.c1ccc2c(c1)Cc1cc3ccccc3c3cccc-2c13.c1ccc2c(c1)Cc1cc3ccccc3cc1-2.c1ccc2c(c1)Cc1ccc3ccccc3c1-2.c1ccc2c(c1)Cc1cccc3cccc-2c13.c1ccc2c(c1)Cc1ccccc1-2. The smallest absolute Gasteiger partial charge is 0.000705 e. The predicted molar refractivity (Wildman–Crippen MR) is 613 cm³/mol. The molecule has 8 aliphatic carbocycles. The van der Waals surface area contributed by atoms with Crippen molar-refractivity contribution in [3.8, 4) is 89.0 Å². The van der Waals surface area contributed by atoms with Crippen LogP contribution < -0.4 is 0 Å². The van der Waals surface area contributed by atoms with E-state index < -0.39 is 0 Å². The average Bonchev–Trinajstić information content (AvgIpc) is 1.62. The Hall–Kier alpha value is -17.7. The van der Waals surface area contributed by atoms with Gasteiger partial charge >= 0.3 is 0 Å². The molecule has 34 rings (SSSR count). The minimum atomic E-state index is 1.04. The molecule has 0 atom stereocenters. The molecular weight excluding hydrogens is 1730 g/mol. The molecule has 0 spiro atoms. The topological polar surface area (TPSA) is 0 Å². The summed E-state index contributed by atoms with van der Waals surface area (Å²) in [6.45, 7) is 0. The van der Waals surface area contributed by atoms with Gasteiger partial charge in [0.1, 0.15) is 0 Å². The highest BCUT2D eigenvalue weighted by Crippen LogP contribution is 2.51. The van der Waals surface area contributed by atoms with Crippen molar-refractivity contribution in [2.75, 3.05) is 0 Å². The van der Waals surface area contributed by atoms with Crippen LogP contribution in [0.5, 0.6) is 0 Å². The average molecular weight is 1830 g/mol. The Balaban J connectivity index is 0.0000000822.